The Kier molecular flexibility index (Phi) is 7.38. The average Bonchev–Trinajstić information content (AvgIpc) is 2.67. The maximum absolute atomic E-state index is 12.7. The Morgan fingerprint density at radius 1 is 1.27 bits per heavy atom. The summed E-state index contributed by atoms with van der Waals surface area (Å²) >= 11 is 0. The molecule has 0 aromatic rings. The Hall–Kier alpha value is -1.69. The molecule has 6 heteroatoms. The number of carbonyl (C=O) groups is 3. The topological polar surface area (TPSA) is 89.9 Å². The van der Waals surface area contributed by atoms with Crippen LogP contribution in [0, 0.1) is 29.6 Å². The van der Waals surface area contributed by atoms with Gasteiger partial charge in [-0.3, -0.25) is 14.4 Å². The molecular formula is C24H36O6. The highest BCUT2D eigenvalue weighted by Gasteiger charge is 2.46. The number of cyclic esters (lactones) is 1. The van der Waals surface area contributed by atoms with E-state index < -0.39 is 6.10 Å². The third-order valence-electron chi connectivity index (χ3n) is 7.26. The maximum atomic E-state index is 12.7. The second-order valence-corrected chi connectivity index (χ2v) is 9.64. The van der Waals surface area contributed by atoms with Crippen molar-refractivity contribution in [3.05, 3.63) is 11.6 Å². The third-order valence-corrected chi connectivity index (χ3v) is 7.26. The highest BCUT2D eigenvalue weighted by molar-refractivity contribution is 5.85. The summed E-state index contributed by atoms with van der Waals surface area (Å²) < 4.78 is 11.4. The first kappa shape index (κ1) is 23.0. The molecule has 2 fully saturated rings. The van der Waals surface area contributed by atoms with Gasteiger partial charge in [-0.05, 0) is 37.5 Å². The van der Waals surface area contributed by atoms with Crippen molar-refractivity contribution in [3.63, 3.8) is 0 Å². The minimum Gasteiger partial charge on any atom is -0.462 e. The second-order valence-electron chi connectivity index (χ2n) is 9.64. The van der Waals surface area contributed by atoms with Crippen LogP contribution in [0.1, 0.15) is 72.6 Å². The van der Waals surface area contributed by atoms with E-state index in [0.29, 0.717) is 25.7 Å². The van der Waals surface area contributed by atoms with Gasteiger partial charge in [0.05, 0.1) is 18.4 Å². The number of Topliss-reactive ketones (excluding diaryl/α,β-unsaturated/α-hetero) is 1. The first-order chi connectivity index (χ1) is 14.2. The van der Waals surface area contributed by atoms with Crippen molar-refractivity contribution in [2.75, 3.05) is 0 Å². The van der Waals surface area contributed by atoms with E-state index in [1.54, 1.807) is 0 Å². The van der Waals surface area contributed by atoms with Crippen LogP contribution in [0.4, 0.5) is 0 Å². The lowest BCUT2D eigenvalue weighted by Gasteiger charge is -2.45. The van der Waals surface area contributed by atoms with E-state index >= 15 is 0 Å². The Morgan fingerprint density at radius 3 is 2.67 bits per heavy atom. The van der Waals surface area contributed by atoms with Gasteiger partial charge in [-0.25, -0.2) is 0 Å². The molecule has 0 aromatic carbocycles. The maximum Gasteiger partial charge on any atom is 0.308 e. The first-order valence-corrected chi connectivity index (χ1v) is 11.5. The zero-order valence-corrected chi connectivity index (χ0v) is 18.6. The van der Waals surface area contributed by atoms with Crippen LogP contribution in [0.5, 0.6) is 0 Å². The molecule has 0 aromatic heterocycles. The fourth-order valence-electron chi connectivity index (χ4n) is 5.34. The lowest BCUT2D eigenvalue weighted by atomic mass is 9.62. The Morgan fingerprint density at radius 2 is 2.00 bits per heavy atom. The van der Waals surface area contributed by atoms with Gasteiger partial charge in [-0.15, -0.1) is 0 Å². The van der Waals surface area contributed by atoms with E-state index in [1.165, 1.54) is 0 Å². The summed E-state index contributed by atoms with van der Waals surface area (Å²) in [5.41, 5.74) is 1.10. The third kappa shape index (κ3) is 5.13. The van der Waals surface area contributed by atoms with Gasteiger partial charge in [0.25, 0.3) is 0 Å². The number of ether oxygens (including phenoxy) is 2. The largest absolute Gasteiger partial charge is 0.462 e. The second kappa shape index (κ2) is 9.63. The van der Waals surface area contributed by atoms with Gasteiger partial charge < -0.3 is 14.6 Å². The molecule has 30 heavy (non-hydrogen) atoms. The van der Waals surface area contributed by atoms with Crippen LogP contribution < -0.4 is 0 Å². The Balaban J connectivity index is 1.78. The van der Waals surface area contributed by atoms with Gasteiger partial charge in [0.2, 0.25) is 0 Å². The number of esters is 2. The molecule has 0 radical (unpaired) electrons. The van der Waals surface area contributed by atoms with E-state index in [2.05, 4.69) is 13.0 Å². The van der Waals surface area contributed by atoms with Crippen LogP contribution >= 0.6 is 0 Å². The van der Waals surface area contributed by atoms with Gasteiger partial charge in [0.1, 0.15) is 18.0 Å². The molecule has 1 heterocycles. The van der Waals surface area contributed by atoms with Crippen LogP contribution in [-0.2, 0) is 23.9 Å². The molecule has 0 amide bonds. The summed E-state index contributed by atoms with van der Waals surface area (Å²) in [6.07, 6.45) is 4.74. The summed E-state index contributed by atoms with van der Waals surface area (Å²) in [7, 11) is 0. The van der Waals surface area contributed by atoms with Gasteiger partial charge in [-0.1, -0.05) is 39.3 Å². The van der Waals surface area contributed by atoms with Crippen molar-refractivity contribution in [1.82, 2.24) is 0 Å². The van der Waals surface area contributed by atoms with E-state index in [9.17, 15) is 19.5 Å². The zero-order chi connectivity index (χ0) is 22.0. The highest BCUT2D eigenvalue weighted by Crippen LogP contribution is 2.47. The van der Waals surface area contributed by atoms with E-state index in [-0.39, 0.29) is 65.9 Å². The van der Waals surface area contributed by atoms with Crippen LogP contribution in [0.2, 0.25) is 0 Å². The van der Waals surface area contributed by atoms with E-state index in [0.717, 1.165) is 18.4 Å². The van der Waals surface area contributed by atoms with Crippen molar-refractivity contribution in [2.45, 2.75) is 91.0 Å². The molecule has 8 atom stereocenters. The summed E-state index contributed by atoms with van der Waals surface area (Å²) in [5.74, 6) is -0.230. The predicted octanol–water partition coefficient (Wildman–Crippen LogP) is 3.60. The minimum atomic E-state index is -0.656. The molecular weight excluding hydrogens is 384 g/mol. The monoisotopic (exact) mass is 420 g/mol. The molecule has 1 aliphatic heterocycles. The lowest BCUT2D eigenvalue weighted by molar-refractivity contribution is -0.163. The van der Waals surface area contributed by atoms with Crippen molar-refractivity contribution in [3.8, 4) is 0 Å². The summed E-state index contributed by atoms with van der Waals surface area (Å²) in [6.45, 7) is 7.94. The van der Waals surface area contributed by atoms with Crippen LogP contribution in [-0.4, -0.2) is 41.1 Å². The average molecular weight is 421 g/mol. The molecule has 0 unspecified atom stereocenters. The SMILES string of the molecule is CC[C@H](C)C(=O)O[C@H]1C[C@@H](C)C=C2CC(=O)[C@H](C)[C@H](CC[C@@H]3C[C@@H](O)CC(=O)O3)[C@H]21. The lowest BCUT2D eigenvalue weighted by Crippen LogP contribution is -2.46. The first-order valence-electron chi connectivity index (χ1n) is 11.5. The van der Waals surface area contributed by atoms with Crippen molar-refractivity contribution in [1.29, 1.82) is 0 Å². The van der Waals surface area contributed by atoms with Crippen molar-refractivity contribution >= 4 is 17.7 Å². The summed E-state index contributed by atoms with van der Waals surface area (Å²) in [4.78, 5) is 37.0. The Labute approximate surface area is 179 Å². The minimum absolute atomic E-state index is 0.0334. The molecule has 1 saturated heterocycles. The molecule has 0 spiro atoms. The van der Waals surface area contributed by atoms with E-state index in [1.807, 2.05) is 20.8 Å². The molecule has 2 aliphatic carbocycles. The van der Waals surface area contributed by atoms with Crippen molar-refractivity contribution in [2.24, 2.45) is 29.6 Å². The molecule has 0 bridgehead atoms. The molecule has 1 saturated carbocycles. The van der Waals surface area contributed by atoms with Gasteiger partial charge in [0, 0.05) is 24.7 Å². The fraction of sp³-hybridized carbons (Fsp3) is 0.792. The summed E-state index contributed by atoms with van der Waals surface area (Å²) in [6, 6.07) is 0. The van der Waals surface area contributed by atoms with Gasteiger partial charge in [-0.2, -0.15) is 0 Å². The number of aliphatic hydroxyl groups excluding tert-OH is 1. The molecule has 6 nitrogen and oxygen atoms in total. The number of ketones is 1. The predicted molar refractivity (Wildman–Crippen MR) is 111 cm³/mol. The van der Waals surface area contributed by atoms with Gasteiger partial charge >= 0.3 is 11.9 Å². The number of rotatable bonds is 6. The molecule has 1 N–H and O–H groups in total. The number of aliphatic hydroxyl groups is 1. The van der Waals surface area contributed by atoms with Crippen LogP contribution in [0.3, 0.4) is 0 Å². The van der Waals surface area contributed by atoms with Crippen LogP contribution in [0.25, 0.3) is 0 Å². The number of hydrogen-bond acceptors (Lipinski definition) is 6. The molecule has 3 rings (SSSR count). The Bertz CT molecular complexity index is 698. The quantitative estimate of drug-likeness (QED) is 0.522. The number of allylic oxidation sites excluding steroid dienone is 1. The van der Waals surface area contributed by atoms with Crippen molar-refractivity contribution < 1.29 is 29.0 Å². The number of carbonyl (C=O) groups excluding carboxylic acids is 3. The van der Waals surface area contributed by atoms with E-state index in [4.69, 9.17) is 9.47 Å². The van der Waals surface area contributed by atoms with Crippen LogP contribution in [0.15, 0.2) is 11.6 Å². The zero-order valence-electron chi connectivity index (χ0n) is 18.6. The molecule has 3 aliphatic rings. The summed E-state index contributed by atoms with van der Waals surface area (Å²) in [5, 5.41) is 9.89. The highest BCUT2D eigenvalue weighted by atomic mass is 16.5. The number of hydrogen-bond donors (Lipinski definition) is 1. The van der Waals surface area contributed by atoms with Gasteiger partial charge in [0.15, 0.2) is 0 Å². The number of fused-ring (bicyclic) bond motifs is 1. The molecule has 168 valence electrons. The fourth-order valence-corrected chi connectivity index (χ4v) is 5.34. The smallest absolute Gasteiger partial charge is 0.308 e. The normalized spacial score (nSPS) is 37.6. The standard InChI is InChI=1S/C24H36O6/c1-5-14(3)24(28)30-21-9-13(2)8-16-10-20(26)15(4)19(23(16)21)7-6-18-11-17(25)12-22(27)29-18/h8,13-15,17-19,21,23,25H,5-7,9-12H2,1-4H3/t13-,14-,15+,17+,18+,19-,21-,23-/m0/s1.